The van der Waals surface area contributed by atoms with Gasteiger partial charge in [-0.05, 0) is 42.0 Å². The molecule has 0 aliphatic rings. The number of ether oxygens (including phenoxy) is 1. The Morgan fingerprint density at radius 1 is 1.00 bits per heavy atom. The van der Waals surface area contributed by atoms with Gasteiger partial charge in [-0.15, -0.1) is 0 Å². The monoisotopic (exact) mass is 250 g/mol. The van der Waals surface area contributed by atoms with Gasteiger partial charge in [-0.2, -0.15) is 0 Å². The van der Waals surface area contributed by atoms with Crippen LogP contribution in [0.3, 0.4) is 0 Å². The molecule has 2 aromatic carbocycles. The van der Waals surface area contributed by atoms with Crippen molar-refractivity contribution in [2.45, 2.75) is 0 Å². The van der Waals surface area contributed by atoms with Crippen LogP contribution < -0.4 is 10.5 Å². The summed E-state index contributed by atoms with van der Waals surface area (Å²) < 4.78 is 5.24. The number of rotatable bonds is 2. The number of methoxy groups -OCH3 is 1. The van der Waals surface area contributed by atoms with Crippen LogP contribution in [0.25, 0.3) is 22.0 Å². The van der Waals surface area contributed by atoms with Gasteiger partial charge in [-0.25, -0.2) is 0 Å². The maximum Gasteiger partial charge on any atom is 0.119 e. The number of hydrogen-bond acceptors (Lipinski definition) is 3. The molecule has 0 spiro atoms. The third-order valence-electron chi connectivity index (χ3n) is 3.11. The van der Waals surface area contributed by atoms with Crippen LogP contribution in [-0.2, 0) is 0 Å². The molecule has 0 radical (unpaired) electrons. The number of fused-ring (bicyclic) bond motifs is 1. The van der Waals surface area contributed by atoms with Crippen LogP contribution in [0.5, 0.6) is 5.75 Å². The molecule has 1 heterocycles. The van der Waals surface area contributed by atoms with Crippen molar-refractivity contribution in [3.63, 3.8) is 0 Å². The van der Waals surface area contributed by atoms with Crippen molar-refractivity contribution in [3.05, 3.63) is 54.7 Å². The van der Waals surface area contributed by atoms with Crippen LogP contribution in [0.2, 0.25) is 0 Å². The first kappa shape index (κ1) is 11.5. The largest absolute Gasteiger partial charge is 0.497 e. The second-order valence-corrected chi connectivity index (χ2v) is 4.41. The number of nitrogens with zero attached hydrogens (tertiary/aromatic N) is 1. The van der Waals surface area contributed by atoms with Crippen molar-refractivity contribution in [1.82, 2.24) is 4.98 Å². The number of nitrogens with two attached hydrogens (primary N) is 1. The standard InChI is InChI=1S/C16H14N2O/c1-19-15-4-2-3-11(9-15)13-7-12-8-14(17)5-6-16(12)18-10-13/h2-10H,17H2,1H3. The van der Waals surface area contributed by atoms with Crippen molar-refractivity contribution in [3.8, 4) is 16.9 Å². The molecule has 0 aliphatic heterocycles. The summed E-state index contributed by atoms with van der Waals surface area (Å²) in [5.74, 6) is 0.838. The molecular weight excluding hydrogens is 236 g/mol. The van der Waals surface area contributed by atoms with Crippen LogP contribution in [0.1, 0.15) is 0 Å². The van der Waals surface area contributed by atoms with Crippen molar-refractivity contribution in [1.29, 1.82) is 0 Å². The number of hydrogen-bond donors (Lipinski definition) is 1. The number of aromatic nitrogens is 1. The van der Waals surface area contributed by atoms with Gasteiger partial charge in [0.25, 0.3) is 0 Å². The van der Waals surface area contributed by atoms with Crippen molar-refractivity contribution >= 4 is 16.6 Å². The molecule has 3 heteroatoms. The molecule has 0 saturated carbocycles. The molecule has 0 fully saturated rings. The molecule has 0 saturated heterocycles. The van der Waals surface area contributed by atoms with Crippen molar-refractivity contribution in [2.75, 3.05) is 12.8 Å². The predicted molar refractivity (Wildman–Crippen MR) is 78.1 cm³/mol. The lowest BCUT2D eigenvalue weighted by Gasteiger charge is -2.06. The Balaban J connectivity index is 2.13. The molecule has 3 aromatic rings. The van der Waals surface area contributed by atoms with E-state index >= 15 is 0 Å². The lowest BCUT2D eigenvalue weighted by Crippen LogP contribution is -1.88. The minimum atomic E-state index is 0.747. The van der Waals surface area contributed by atoms with E-state index in [-0.39, 0.29) is 0 Å². The zero-order valence-corrected chi connectivity index (χ0v) is 10.6. The summed E-state index contributed by atoms with van der Waals surface area (Å²) in [4.78, 5) is 4.46. The summed E-state index contributed by atoms with van der Waals surface area (Å²) in [5.41, 5.74) is 9.64. The Morgan fingerprint density at radius 3 is 2.74 bits per heavy atom. The van der Waals surface area contributed by atoms with Crippen LogP contribution in [0, 0.1) is 0 Å². The van der Waals surface area contributed by atoms with Gasteiger partial charge >= 0.3 is 0 Å². The van der Waals surface area contributed by atoms with Gasteiger partial charge in [0.1, 0.15) is 5.75 Å². The minimum Gasteiger partial charge on any atom is -0.497 e. The van der Waals surface area contributed by atoms with E-state index in [1.165, 1.54) is 0 Å². The molecule has 0 aliphatic carbocycles. The van der Waals surface area contributed by atoms with Gasteiger partial charge in [0.05, 0.1) is 12.6 Å². The fourth-order valence-electron chi connectivity index (χ4n) is 2.11. The quantitative estimate of drug-likeness (QED) is 0.708. The molecule has 3 rings (SSSR count). The second kappa shape index (κ2) is 4.61. The number of anilines is 1. The van der Waals surface area contributed by atoms with Crippen LogP contribution in [-0.4, -0.2) is 12.1 Å². The maximum atomic E-state index is 5.81. The Kier molecular flexibility index (Phi) is 2.80. The zero-order valence-electron chi connectivity index (χ0n) is 10.6. The summed E-state index contributed by atoms with van der Waals surface area (Å²) in [7, 11) is 1.67. The molecule has 19 heavy (non-hydrogen) atoms. The van der Waals surface area contributed by atoms with Crippen molar-refractivity contribution in [2.24, 2.45) is 0 Å². The van der Waals surface area contributed by atoms with E-state index in [2.05, 4.69) is 11.1 Å². The maximum absolute atomic E-state index is 5.81. The highest BCUT2D eigenvalue weighted by molar-refractivity contribution is 5.86. The van der Waals surface area contributed by atoms with Crippen LogP contribution in [0.4, 0.5) is 5.69 Å². The highest BCUT2D eigenvalue weighted by Gasteiger charge is 2.02. The van der Waals surface area contributed by atoms with Gasteiger partial charge in [-0.1, -0.05) is 12.1 Å². The summed E-state index contributed by atoms with van der Waals surface area (Å²) in [6.07, 6.45) is 1.87. The van der Waals surface area contributed by atoms with Crippen LogP contribution in [0.15, 0.2) is 54.7 Å². The topological polar surface area (TPSA) is 48.1 Å². The fourth-order valence-corrected chi connectivity index (χ4v) is 2.11. The first-order valence-corrected chi connectivity index (χ1v) is 6.06. The molecule has 0 amide bonds. The van der Waals surface area contributed by atoms with Gasteiger partial charge in [0.2, 0.25) is 0 Å². The highest BCUT2D eigenvalue weighted by Crippen LogP contribution is 2.26. The number of pyridine rings is 1. The van der Waals surface area contributed by atoms with E-state index in [0.29, 0.717) is 0 Å². The van der Waals surface area contributed by atoms with Gasteiger partial charge in [0.15, 0.2) is 0 Å². The number of nitrogen functional groups attached to an aromatic ring is 1. The molecule has 3 nitrogen and oxygen atoms in total. The minimum absolute atomic E-state index is 0.747. The highest BCUT2D eigenvalue weighted by atomic mass is 16.5. The van der Waals surface area contributed by atoms with E-state index < -0.39 is 0 Å². The predicted octanol–water partition coefficient (Wildman–Crippen LogP) is 3.49. The second-order valence-electron chi connectivity index (χ2n) is 4.41. The lowest BCUT2D eigenvalue weighted by atomic mass is 10.0. The Labute approximate surface area is 111 Å². The van der Waals surface area contributed by atoms with Gasteiger partial charge in [0, 0.05) is 22.8 Å². The third kappa shape index (κ3) is 2.22. The van der Waals surface area contributed by atoms with Crippen LogP contribution >= 0.6 is 0 Å². The average Bonchev–Trinajstić information content (AvgIpc) is 2.46. The third-order valence-corrected chi connectivity index (χ3v) is 3.11. The first-order chi connectivity index (χ1) is 9.26. The molecular formula is C16H14N2O. The summed E-state index contributed by atoms with van der Waals surface area (Å²) in [5, 5.41) is 1.04. The zero-order chi connectivity index (χ0) is 13.2. The average molecular weight is 250 g/mol. The molecule has 0 bridgehead atoms. The molecule has 2 N–H and O–H groups in total. The normalized spacial score (nSPS) is 10.6. The van der Waals surface area contributed by atoms with E-state index in [4.69, 9.17) is 10.5 Å². The molecule has 94 valence electrons. The summed E-state index contributed by atoms with van der Waals surface area (Å²) in [6, 6.07) is 15.8. The van der Waals surface area contributed by atoms with Gasteiger partial charge < -0.3 is 10.5 Å². The van der Waals surface area contributed by atoms with E-state index in [1.807, 2.05) is 48.7 Å². The molecule has 0 unspecified atom stereocenters. The van der Waals surface area contributed by atoms with E-state index in [9.17, 15) is 0 Å². The fraction of sp³-hybridized carbons (Fsp3) is 0.0625. The SMILES string of the molecule is COc1cccc(-c2cnc3ccc(N)cc3c2)c1. The van der Waals surface area contributed by atoms with E-state index in [1.54, 1.807) is 7.11 Å². The summed E-state index contributed by atoms with van der Waals surface area (Å²) >= 11 is 0. The smallest absolute Gasteiger partial charge is 0.119 e. The Morgan fingerprint density at radius 2 is 1.89 bits per heavy atom. The first-order valence-electron chi connectivity index (χ1n) is 6.06. The Bertz CT molecular complexity index is 738. The Hall–Kier alpha value is -2.55. The summed E-state index contributed by atoms with van der Waals surface area (Å²) in [6.45, 7) is 0. The van der Waals surface area contributed by atoms with Crippen molar-refractivity contribution < 1.29 is 4.74 Å². The van der Waals surface area contributed by atoms with Gasteiger partial charge in [-0.3, -0.25) is 4.98 Å². The molecule has 0 atom stereocenters. The number of benzene rings is 2. The molecule has 1 aromatic heterocycles. The lowest BCUT2D eigenvalue weighted by molar-refractivity contribution is 0.415. The van der Waals surface area contributed by atoms with E-state index in [0.717, 1.165) is 33.5 Å².